The molecule has 2 atom stereocenters. The molecule has 27 heavy (non-hydrogen) atoms. The second-order valence-electron chi connectivity index (χ2n) is 6.23. The van der Waals surface area contributed by atoms with Crippen molar-refractivity contribution in [3.05, 3.63) is 65.2 Å². The Morgan fingerprint density at radius 2 is 1.93 bits per heavy atom. The standard InChI is InChI=1S/C18H16ClF4N3O/c19-26(17(27)16-14(18(21,22)23)2-1-8-25-16)15-7-9-24-10-13(15)11-3-5-12(20)6-4-11/h1-6,8,13,15,24H,7,9-10H2/t13-,15-/m1/s1. The Morgan fingerprint density at radius 1 is 1.22 bits per heavy atom. The predicted molar refractivity (Wildman–Crippen MR) is 91.7 cm³/mol. The molecule has 1 fully saturated rings. The van der Waals surface area contributed by atoms with Crippen molar-refractivity contribution >= 4 is 17.7 Å². The third kappa shape index (κ3) is 4.22. The van der Waals surface area contributed by atoms with Gasteiger partial charge in [0.25, 0.3) is 5.91 Å². The number of alkyl halides is 3. The molecule has 3 rings (SSSR count). The number of nitrogens with one attached hydrogen (secondary N) is 1. The van der Waals surface area contributed by atoms with Gasteiger partial charge in [-0.3, -0.25) is 9.78 Å². The molecular weight excluding hydrogens is 386 g/mol. The Labute approximate surface area is 158 Å². The Kier molecular flexibility index (Phi) is 5.67. The number of nitrogens with zero attached hydrogens (tertiary/aromatic N) is 2. The van der Waals surface area contributed by atoms with E-state index in [9.17, 15) is 22.4 Å². The molecule has 0 unspecified atom stereocenters. The zero-order valence-electron chi connectivity index (χ0n) is 14.0. The first kappa shape index (κ1) is 19.6. The van der Waals surface area contributed by atoms with Crippen molar-refractivity contribution in [1.29, 1.82) is 0 Å². The fourth-order valence-corrected chi connectivity index (χ4v) is 3.54. The van der Waals surface area contributed by atoms with Gasteiger partial charge in [0, 0.05) is 30.4 Å². The van der Waals surface area contributed by atoms with Crippen LogP contribution in [0.3, 0.4) is 0 Å². The van der Waals surface area contributed by atoms with E-state index < -0.39 is 35.2 Å². The summed E-state index contributed by atoms with van der Waals surface area (Å²) in [6.07, 6.45) is -3.17. The van der Waals surface area contributed by atoms with Crippen LogP contribution in [0.25, 0.3) is 0 Å². The number of pyridine rings is 1. The van der Waals surface area contributed by atoms with E-state index in [1.54, 1.807) is 12.1 Å². The second kappa shape index (κ2) is 7.82. The van der Waals surface area contributed by atoms with Crippen LogP contribution in [-0.4, -0.2) is 34.4 Å². The monoisotopic (exact) mass is 401 g/mol. The minimum absolute atomic E-state index is 0.293. The van der Waals surface area contributed by atoms with E-state index >= 15 is 0 Å². The molecule has 4 nitrogen and oxygen atoms in total. The maximum absolute atomic E-state index is 13.2. The van der Waals surface area contributed by atoms with Gasteiger partial charge in [0.2, 0.25) is 0 Å². The van der Waals surface area contributed by atoms with E-state index in [1.807, 2.05) is 0 Å². The van der Waals surface area contributed by atoms with Crippen LogP contribution in [-0.2, 0) is 6.18 Å². The molecule has 1 saturated heterocycles. The highest BCUT2D eigenvalue weighted by Crippen LogP contribution is 2.34. The maximum atomic E-state index is 13.2. The molecule has 1 aromatic carbocycles. The molecule has 1 amide bonds. The summed E-state index contributed by atoms with van der Waals surface area (Å²) in [5.41, 5.74) is -1.13. The molecule has 1 aliphatic heterocycles. The number of carbonyl (C=O) groups excluding carboxylic acids is 1. The van der Waals surface area contributed by atoms with Gasteiger partial charge in [0.1, 0.15) is 11.5 Å². The van der Waals surface area contributed by atoms with E-state index in [4.69, 9.17) is 11.8 Å². The molecule has 0 aliphatic carbocycles. The molecule has 0 radical (unpaired) electrons. The lowest BCUT2D eigenvalue weighted by Crippen LogP contribution is -2.47. The molecule has 1 aromatic heterocycles. The van der Waals surface area contributed by atoms with E-state index in [1.165, 1.54) is 12.1 Å². The van der Waals surface area contributed by atoms with Crippen LogP contribution in [0.5, 0.6) is 0 Å². The van der Waals surface area contributed by atoms with Crippen molar-refractivity contribution in [2.24, 2.45) is 0 Å². The lowest BCUT2D eigenvalue weighted by atomic mass is 9.86. The fourth-order valence-electron chi connectivity index (χ4n) is 3.22. The molecule has 2 aromatic rings. The van der Waals surface area contributed by atoms with Gasteiger partial charge in [0.15, 0.2) is 0 Å². The van der Waals surface area contributed by atoms with Crippen molar-refractivity contribution < 1.29 is 22.4 Å². The zero-order valence-corrected chi connectivity index (χ0v) is 14.8. The lowest BCUT2D eigenvalue weighted by Gasteiger charge is -2.36. The molecule has 9 heteroatoms. The van der Waals surface area contributed by atoms with E-state index in [2.05, 4.69) is 10.3 Å². The first-order valence-electron chi connectivity index (χ1n) is 8.27. The second-order valence-corrected chi connectivity index (χ2v) is 6.60. The summed E-state index contributed by atoms with van der Waals surface area (Å²) in [4.78, 5) is 16.3. The van der Waals surface area contributed by atoms with Crippen LogP contribution < -0.4 is 5.32 Å². The highest BCUT2D eigenvalue weighted by molar-refractivity contribution is 6.24. The average molecular weight is 402 g/mol. The first-order valence-corrected chi connectivity index (χ1v) is 8.60. The highest BCUT2D eigenvalue weighted by Gasteiger charge is 2.40. The van der Waals surface area contributed by atoms with Crippen molar-refractivity contribution in [2.45, 2.75) is 24.6 Å². The Morgan fingerprint density at radius 3 is 2.59 bits per heavy atom. The minimum Gasteiger partial charge on any atom is -0.316 e. The van der Waals surface area contributed by atoms with Crippen LogP contribution in [0, 0.1) is 5.82 Å². The number of rotatable bonds is 3. The van der Waals surface area contributed by atoms with E-state index in [0.717, 1.165) is 28.3 Å². The molecule has 2 heterocycles. The summed E-state index contributed by atoms with van der Waals surface area (Å²) < 4.78 is 53.6. The smallest absolute Gasteiger partial charge is 0.316 e. The highest BCUT2D eigenvalue weighted by atomic mass is 35.5. The minimum atomic E-state index is -4.72. The van der Waals surface area contributed by atoms with Crippen LogP contribution in [0.4, 0.5) is 17.6 Å². The molecule has 0 saturated carbocycles. The lowest BCUT2D eigenvalue weighted by molar-refractivity contribution is -0.138. The number of amides is 1. The summed E-state index contributed by atoms with van der Waals surface area (Å²) in [6.45, 7) is 1.01. The molecular formula is C18H16ClF4N3O. The van der Waals surface area contributed by atoms with Crippen LogP contribution in [0.1, 0.15) is 34.0 Å². The Balaban J connectivity index is 1.90. The molecule has 1 N–H and O–H groups in total. The first-order chi connectivity index (χ1) is 12.8. The van der Waals surface area contributed by atoms with Gasteiger partial charge >= 0.3 is 6.18 Å². The van der Waals surface area contributed by atoms with E-state index in [-0.39, 0.29) is 5.92 Å². The van der Waals surface area contributed by atoms with Crippen molar-refractivity contribution in [3.63, 3.8) is 0 Å². The summed E-state index contributed by atoms with van der Waals surface area (Å²) in [6, 6.07) is 7.10. The van der Waals surface area contributed by atoms with Gasteiger partial charge in [-0.25, -0.2) is 8.81 Å². The van der Waals surface area contributed by atoms with Gasteiger partial charge < -0.3 is 5.32 Å². The summed E-state index contributed by atoms with van der Waals surface area (Å²) in [5, 5.41) is 3.16. The fraction of sp³-hybridized carbons (Fsp3) is 0.333. The van der Waals surface area contributed by atoms with Crippen LogP contribution in [0.2, 0.25) is 0 Å². The number of benzene rings is 1. The summed E-state index contributed by atoms with van der Waals surface area (Å²) in [5.74, 6) is -1.70. The van der Waals surface area contributed by atoms with Crippen molar-refractivity contribution in [1.82, 2.24) is 14.7 Å². The third-order valence-electron chi connectivity index (χ3n) is 4.54. The van der Waals surface area contributed by atoms with Gasteiger partial charge in [-0.2, -0.15) is 13.2 Å². The number of hydrogen-bond donors (Lipinski definition) is 1. The molecule has 1 aliphatic rings. The van der Waals surface area contributed by atoms with E-state index in [0.29, 0.717) is 19.5 Å². The van der Waals surface area contributed by atoms with Crippen LogP contribution >= 0.6 is 11.8 Å². The number of carbonyl (C=O) groups is 1. The third-order valence-corrected chi connectivity index (χ3v) is 4.95. The number of aromatic nitrogens is 1. The van der Waals surface area contributed by atoms with Gasteiger partial charge in [0.05, 0.1) is 11.6 Å². The average Bonchev–Trinajstić information content (AvgIpc) is 2.67. The summed E-state index contributed by atoms with van der Waals surface area (Å²) in [7, 11) is 0. The Hall–Kier alpha value is -2.19. The number of piperidine rings is 1. The van der Waals surface area contributed by atoms with Gasteiger partial charge in [-0.1, -0.05) is 12.1 Å². The van der Waals surface area contributed by atoms with Crippen molar-refractivity contribution in [3.8, 4) is 0 Å². The largest absolute Gasteiger partial charge is 0.418 e. The van der Waals surface area contributed by atoms with Crippen molar-refractivity contribution in [2.75, 3.05) is 13.1 Å². The van der Waals surface area contributed by atoms with Gasteiger partial charge in [-0.05, 0) is 42.8 Å². The number of hydrogen-bond acceptors (Lipinski definition) is 3. The number of halogens is 5. The molecule has 144 valence electrons. The molecule has 0 spiro atoms. The van der Waals surface area contributed by atoms with Gasteiger partial charge in [-0.15, -0.1) is 0 Å². The quantitative estimate of drug-likeness (QED) is 0.625. The SMILES string of the molecule is O=C(c1ncccc1C(F)(F)F)N(Cl)[C@@H]1CCNC[C@@H]1c1ccc(F)cc1. The molecule has 0 bridgehead atoms. The zero-order chi connectivity index (χ0) is 19.6. The van der Waals surface area contributed by atoms with Crippen LogP contribution in [0.15, 0.2) is 42.6 Å². The summed E-state index contributed by atoms with van der Waals surface area (Å²) >= 11 is 6.22. The normalized spacial score (nSPS) is 20.3. The Bertz CT molecular complexity index is 813. The predicted octanol–water partition coefficient (Wildman–Crippen LogP) is 3.98. The topological polar surface area (TPSA) is 45.2 Å². The maximum Gasteiger partial charge on any atom is 0.418 e.